The van der Waals surface area contributed by atoms with Gasteiger partial charge in [0.1, 0.15) is 6.04 Å². The molecule has 1 saturated heterocycles. The maximum absolute atomic E-state index is 12.3. The van der Waals surface area contributed by atoms with Crippen molar-refractivity contribution in [2.45, 2.75) is 31.9 Å². The zero-order valence-corrected chi connectivity index (χ0v) is 12.8. The number of anilines is 1. The Balaban J connectivity index is 1.97. The summed E-state index contributed by atoms with van der Waals surface area (Å²) in [6, 6.07) is 4.75. The van der Waals surface area contributed by atoms with Crippen LogP contribution in [0.25, 0.3) is 0 Å². The average molecular weight is 317 g/mol. The van der Waals surface area contributed by atoms with Crippen molar-refractivity contribution in [3.05, 3.63) is 28.2 Å². The van der Waals surface area contributed by atoms with Gasteiger partial charge in [-0.15, -0.1) is 0 Å². The molecule has 1 aliphatic rings. The van der Waals surface area contributed by atoms with Crippen LogP contribution in [0.1, 0.15) is 19.8 Å². The Morgan fingerprint density at radius 2 is 2.05 bits per heavy atom. The van der Waals surface area contributed by atoms with Crippen LogP contribution in [-0.2, 0) is 4.79 Å². The highest BCUT2D eigenvalue weighted by molar-refractivity contribution is 6.36. The van der Waals surface area contributed by atoms with E-state index in [9.17, 15) is 9.90 Å². The topological polar surface area (TPSA) is 52.6 Å². The van der Waals surface area contributed by atoms with E-state index in [2.05, 4.69) is 5.32 Å². The lowest BCUT2D eigenvalue weighted by Crippen LogP contribution is -2.46. The van der Waals surface area contributed by atoms with Gasteiger partial charge in [-0.25, -0.2) is 0 Å². The number of rotatable bonds is 3. The third-order valence-corrected chi connectivity index (χ3v) is 4.00. The number of nitrogens with zero attached hydrogens (tertiary/aromatic N) is 1. The van der Waals surface area contributed by atoms with E-state index in [0.29, 0.717) is 41.7 Å². The van der Waals surface area contributed by atoms with Crippen LogP contribution < -0.4 is 5.32 Å². The fraction of sp³-hybridized carbons (Fsp3) is 0.500. The van der Waals surface area contributed by atoms with Crippen molar-refractivity contribution in [3.8, 4) is 0 Å². The van der Waals surface area contributed by atoms with Crippen LogP contribution >= 0.6 is 23.2 Å². The number of aliphatic hydroxyl groups excluding tert-OH is 1. The smallest absolute Gasteiger partial charge is 0.244 e. The fourth-order valence-corrected chi connectivity index (χ4v) is 2.72. The molecule has 1 amide bonds. The third-order valence-electron chi connectivity index (χ3n) is 3.45. The minimum absolute atomic E-state index is 0.0166. The van der Waals surface area contributed by atoms with Crippen molar-refractivity contribution >= 4 is 34.8 Å². The zero-order valence-electron chi connectivity index (χ0n) is 11.3. The predicted molar refractivity (Wildman–Crippen MR) is 81.4 cm³/mol. The number of aliphatic hydroxyl groups is 1. The number of nitrogens with one attached hydrogen (secondary N) is 1. The second kappa shape index (κ2) is 6.66. The van der Waals surface area contributed by atoms with Crippen LogP contribution in [0.3, 0.4) is 0 Å². The molecule has 0 spiro atoms. The Morgan fingerprint density at radius 3 is 2.65 bits per heavy atom. The summed E-state index contributed by atoms with van der Waals surface area (Å²) in [5.74, 6) is 0.0166. The summed E-state index contributed by atoms with van der Waals surface area (Å²) in [6.07, 6.45) is 0.994. The summed E-state index contributed by atoms with van der Waals surface area (Å²) in [6.45, 7) is 3.00. The number of carbonyl (C=O) groups is 1. The summed E-state index contributed by atoms with van der Waals surface area (Å²) in [5.41, 5.74) is 0.689. The normalized spacial score (nSPS) is 17.9. The van der Waals surface area contributed by atoms with E-state index in [1.807, 2.05) is 0 Å². The molecule has 1 aromatic rings. The largest absolute Gasteiger partial charge is 0.393 e. The molecule has 0 unspecified atom stereocenters. The van der Waals surface area contributed by atoms with Crippen LogP contribution in [0.5, 0.6) is 0 Å². The lowest BCUT2D eigenvalue weighted by atomic mass is 10.1. The lowest BCUT2D eigenvalue weighted by Gasteiger charge is -2.32. The van der Waals surface area contributed by atoms with E-state index in [-0.39, 0.29) is 18.1 Å². The maximum Gasteiger partial charge on any atom is 0.244 e. The van der Waals surface area contributed by atoms with Gasteiger partial charge in [-0.1, -0.05) is 23.2 Å². The van der Waals surface area contributed by atoms with Crippen molar-refractivity contribution in [1.82, 2.24) is 4.90 Å². The van der Waals surface area contributed by atoms with E-state index in [1.165, 1.54) is 0 Å². The van der Waals surface area contributed by atoms with Crippen molar-refractivity contribution in [3.63, 3.8) is 0 Å². The second-order valence-electron chi connectivity index (χ2n) is 5.05. The Kier molecular flexibility index (Phi) is 5.13. The molecular formula is C14H18Cl2N2O2. The third kappa shape index (κ3) is 3.78. The molecule has 0 saturated carbocycles. The van der Waals surface area contributed by atoms with Gasteiger partial charge in [0.25, 0.3) is 0 Å². The van der Waals surface area contributed by atoms with Gasteiger partial charge in [-0.3, -0.25) is 4.79 Å². The lowest BCUT2D eigenvalue weighted by molar-refractivity contribution is -0.133. The minimum Gasteiger partial charge on any atom is -0.393 e. The Bertz CT molecular complexity index is 488. The molecule has 1 fully saturated rings. The SMILES string of the molecule is C[C@@H](Nc1ccc(Cl)cc1Cl)C(=O)N1CCC(O)CC1. The van der Waals surface area contributed by atoms with Crippen LogP contribution in [0, 0.1) is 0 Å². The number of carbonyl (C=O) groups excluding carboxylic acids is 1. The molecule has 0 aromatic heterocycles. The van der Waals surface area contributed by atoms with Gasteiger partial charge in [0.15, 0.2) is 0 Å². The zero-order chi connectivity index (χ0) is 14.7. The van der Waals surface area contributed by atoms with Gasteiger partial charge in [-0.05, 0) is 38.0 Å². The number of halogens is 2. The summed E-state index contributed by atoms with van der Waals surface area (Å²) in [5, 5.41) is 13.6. The molecule has 110 valence electrons. The Morgan fingerprint density at radius 1 is 1.40 bits per heavy atom. The molecule has 20 heavy (non-hydrogen) atoms. The number of piperidine rings is 1. The monoisotopic (exact) mass is 316 g/mol. The molecule has 2 rings (SSSR count). The van der Waals surface area contributed by atoms with Crippen molar-refractivity contribution in [1.29, 1.82) is 0 Å². The van der Waals surface area contributed by atoms with Gasteiger partial charge in [-0.2, -0.15) is 0 Å². The van der Waals surface area contributed by atoms with Crippen LogP contribution in [0.2, 0.25) is 10.0 Å². The number of hydrogen-bond acceptors (Lipinski definition) is 3. The Labute approximate surface area is 128 Å². The van der Waals surface area contributed by atoms with E-state index < -0.39 is 0 Å². The highest BCUT2D eigenvalue weighted by Crippen LogP contribution is 2.26. The molecule has 1 heterocycles. The van der Waals surface area contributed by atoms with Crippen molar-refractivity contribution < 1.29 is 9.90 Å². The van der Waals surface area contributed by atoms with E-state index in [0.717, 1.165) is 0 Å². The van der Waals surface area contributed by atoms with Crippen molar-refractivity contribution in [2.24, 2.45) is 0 Å². The second-order valence-corrected chi connectivity index (χ2v) is 5.89. The summed E-state index contributed by atoms with van der Waals surface area (Å²) in [7, 11) is 0. The summed E-state index contributed by atoms with van der Waals surface area (Å²) < 4.78 is 0. The minimum atomic E-state index is -0.371. The summed E-state index contributed by atoms with van der Waals surface area (Å²) in [4.78, 5) is 14.1. The first-order chi connectivity index (χ1) is 9.47. The molecule has 0 aliphatic carbocycles. The molecule has 0 bridgehead atoms. The van der Waals surface area contributed by atoms with Crippen molar-refractivity contribution in [2.75, 3.05) is 18.4 Å². The van der Waals surface area contributed by atoms with E-state index in [4.69, 9.17) is 23.2 Å². The van der Waals surface area contributed by atoms with Gasteiger partial charge in [0.05, 0.1) is 16.8 Å². The van der Waals surface area contributed by atoms with Crippen LogP contribution in [0.15, 0.2) is 18.2 Å². The molecular weight excluding hydrogens is 299 g/mol. The van der Waals surface area contributed by atoms with E-state index >= 15 is 0 Å². The molecule has 0 radical (unpaired) electrons. The molecule has 4 nitrogen and oxygen atoms in total. The maximum atomic E-state index is 12.3. The molecule has 2 N–H and O–H groups in total. The number of benzene rings is 1. The number of amides is 1. The average Bonchev–Trinajstić information content (AvgIpc) is 2.42. The molecule has 1 aromatic carbocycles. The quantitative estimate of drug-likeness (QED) is 0.901. The predicted octanol–water partition coefficient (Wildman–Crippen LogP) is 2.78. The van der Waals surface area contributed by atoms with Gasteiger partial charge >= 0.3 is 0 Å². The van der Waals surface area contributed by atoms with E-state index in [1.54, 1.807) is 30.0 Å². The summed E-state index contributed by atoms with van der Waals surface area (Å²) >= 11 is 11.9. The molecule has 1 atom stereocenters. The van der Waals surface area contributed by atoms with Gasteiger partial charge in [0, 0.05) is 18.1 Å². The van der Waals surface area contributed by atoms with Crippen LogP contribution in [0.4, 0.5) is 5.69 Å². The Hall–Kier alpha value is -0.970. The fourth-order valence-electron chi connectivity index (χ4n) is 2.26. The standard InChI is InChI=1S/C14H18Cl2N2O2/c1-9(14(20)18-6-4-11(19)5-7-18)17-13-3-2-10(15)8-12(13)16/h2-3,8-9,11,17,19H,4-7H2,1H3/t9-/m1/s1. The highest BCUT2D eigenvalue weighted by Gasteiger charge is 2.25. The highest BCUT2D eigenvalue weighted by atomic mass is 35.5. The first-order valence-electron chi connectivity index (χ1n) is 6.66. The van der Waals surface area contributed by atoms with Gasteiger partial charge < -0.3 is 15.3 Å². The molecule has 1 aliphatic heterocycles. The molecule has 6 heteroatoms. The van der Waals surface area contributed by atoms with Crippen LogP contribution in [-0.4, -0.2) is 41.1 Å². The number of likely N-dealkylation sites (tertiary alicyclic amines) is 1. The number of hydrogen-bond donors (Lipinski definition) is 2. The van der Waals surface area contributed by atoms with Gasteiger partial charge in [0.2, 0.25) is 5.91 Å². The first-order valence-corrected chi connectivity index (χ1v) is 7.41. The first kappa shape index (κ1) is 15.4.